The van der Waals surface area contributed by atoms with Gasteiger partial charge >= 0.3 is 0 Å². The maximum Gasteiger partial charge on any atom is 0.135 e. The van der Waals surface area contributed by atoms with Crippen LogP contribution in [0.5, 0.6) is 11.5 Å². The molecule has 3 aromatic heterocycles. The van der Waals surface area contributed by atoms with E-state index in [1.54, 1.807) is 0 Å². The van der Waals surface area contributed by atoms with Crippen LogP contribution in [-0.4, -0.2) is 9.55 Å². The van der Waals surface area contributed by atoms with Crippen LogP contribution >= 0.6 is 11.3 Å². The number of thiophene rings is 1. The fourth-order valence-electron chi connectivity index (χ4n) is 9.07. The number of hydrogen-bond acceptors (Lipinski definition) is 5. The van der Waals surface area contributed by atoms with Gasteiger partial charge < -0.3 is 19.1 Å². The van der Waals surface area contributed by atoms with E-state index in [9.17, 15) is 0 Å². The summed E-state index contributed by atoms with van der Waals surface area (Å²) in [7, 11) is 0. The molecule has 63 heavy (non-hydrogen) atoms. The number of aryl methyl sites for hydroxylation is 2. The summed E-state index contributed by atoms with van der Waals surface area (Å²) in [6.07, 6.45) is 1.85. The summed E-state index contributed by atoms with van der Waals surface area (Å²) >= 11 is 1.82. The zero-order valence-corrected chi connectivity index (χ0v) is 38.7. The predicted molar refractivity (Wildman–Crippen MR) is 259 cm³/mol. The Labute approximate surface area is 386 Å². The third-order valence-electron chi connectivity index (χ3n) is 11.9. The second-order valence-electron chi connectivity index (χ2n) is 17.0. The summed E-state index contributed by atoms with van der Waals surface area (Å²) in [5, 5.41) is 4.71. The summed E-state index contributed by atoms with van der Waals surface area (Å²) in [6, 6.07) is 62.8. The number of benzene rings is 7. The van der Waals surface area contributed by atoms with Crippen LogP contribution in [-0.2, 0) is 26.5 Å². The van der Waals surface area contributed by atoms with Gasteiger partial charge in [0.2, 0.25) is 0 Å². The van der Waals surface area contributed by atoms with Crippen LogP contribution in [0.25, 0.3) is 59.2 Å². The predicted octanol–water partition coefficient (Wildman–Crippen LogP) is 14.8. The molecule has 0 aliphatic carbocycles. The van der Waals surface area contributed by atoms with Gasteiger partial charge in [-0.3, -0.25) is 0 Å². The molecule has 4 heterocycles. The van der Waals surface area contributed by atoms with Crippen molar-refractivity contribution in [2.45, 2.75) is 40.0 Å². The number of anilines is 2. The molecule has 10 aromatic rings. The standard InChI is InChI=1S/C56H43N4OS.Pt/c1-36-31-40(56(3,4)5)32-37(2)52(36)59-35-58(53(38-17-8-6-9-18-38)54(59)39-19-10-7-11-20-39)41-21-16-22-42(33-41)61-43-26-27-44-45-28-29-49-51(46-23-12-13-24-48(46)62-49)55(45)60(47(44)34-43)50-25-14-15-30-57-50;/h6-32,35H,1-5H3;/q-3;. The Hall–Kier alpha value is -6.46. The average molecular weight is 1020 g/mol. The summed E-state index contributed by atoms with van der Waals surface area (Å²) in [4.78, 5) is 9.47. The van der Waals surface area contributed by atoms with Crippen LogP contribution in [0.15, 0.2) is 164 Å². The number of aromatic nitrogens is 2. The zero-order chi connectivity index (χ0) is 42.1. The van der Waals surface area contributed by atoms with Crippen molar-refractivity contribution in [3.05, 3.63) is 211 Å². The first-order chi connectivity index (χ1) is 30.2. The molecule has 7 aromatic carbocycles. The molecule has 0 N–H and O–H groups in total. The van der Waals surface area contributed by atoms with E-state index in [0.717, 1.165) is 55.8 Å². The second-order valence-corrected chi connectivity index (χ2v) is 18.1. The molecular weight excluding hydrogens is 972 g/mol. The van der Waals surface area contributed by atoms with Crippen molar-refractivity contribution in [2.24, 2.45) is 0 Å². The van der Waals surface area contributed by atoms with Crippen LogP contribution in [0.3, 0.4) is 0 Å². The minimum absolute atomic E-state index is 0. The average Bonchev–Trinajstić information content (AvgIpc) is 3.97. The molecule has 7 heteroatoms. The smallest absolute Gasteiger partial charge is 0.135 e. The first-order valence-corrected chi connectivity index (χ1v) is 21.9. The van der Waals surface area contributed by atoms with E-state index in [0.29, 0.717) is 11.5 Å². The molecule has 0 unspecified atom stereocenters. The minimum atomic E-state index is 0. The van der Waals surface area contributed by atoms with Crippen molar-refractivity contribution < 1.29 is 25.8 Å². The first-order valence-electron chi connectivity index (χ1n) is 21.0. The fraction of sp³-hybridized carbons (Fsp3) is 0.107. The molecular formula is C56H43N4OPtS-3. The van der Waals surface area contributed by atoms with E-state index in [-0.39, 0.29) is 26.5 Å². The summed E-state index contributed by atoms with van der Waals surface area (Å²) < 4.78 is 11.5. The number of fused-ring (bicyclic) bond motifs is 7. The number of pyridine rings is 1. The Morgan fingerprint density at radius 2 is 1.25 bits per heavy atom. The fourth-order valence-corrected chi connectivity index (χ4v) is 10.2. The van der Waals surface area contributed by atoms with E-state index >= 15 is 0 Å². The number of rotatable bonds is 7. The summed E-state index contributed by atoms with van der Waals surface area (Å²) in [5.41, 5.74) is 12.2. The molecule has 1 aliphatic rings. The van der Waals surface area contributed by atoms with Gasteiger partial charge in [0.05, 0.1) is 5.52 Å². The molecule has 5 nitrogen and oxygen atoms in total. The molecule has 0 fully saturated rings. The largest absolute Gasteiger partial charge is 0.509 e. The maximum absolute atomic E-state index is 6.75. The maximum atomic E-state index is 6.75. The number of ether oxygens (including phenoxy) is 1. The topological polar surface area (TPSA) is 33.5 Å². The first kappa shape index (κ1) is 40.6. The Morgan fingerprint density at radius 3 is 1.95 bits per heavy atom. The van der Waals surface area contributed by atoms with E-state index in [1.807, 2.05) is 47.9 Å². The van der Waals surface area contributed by atoms with Crippen LogP contribution in [0, 0.1) is 32.6 Å². The van der Waals surface area contributed by atoms with E-state index in [1.165, 1.54) is 42.6 Å². The van der Waals surface area contributed by atoms with E-state index in [4.69, 9.17) is 9.72 Å². The molecule has 0 spiro atoms. The van der Waals surface area contributed by atoms with Gasteiger partial charge in [-0.2, -0.15) is 12.1 Å². The molecule has 0 saturated carbocycles. The van der Waals surface area contributed by atoms with Gasteiger partial charge in [-0.25, -0.2) is 4.98 Å². The van der Waals surface area contributed by atoms with Crippen molar-refractivity contribution in [3.63, 3.8) is 0 Å². The van der Waals surface area contributed by atoms with Gasteiger partial charge in [-0.1, -0.05) is 129 Å². The van der Waals surface area contributed by atoms with Crippen molar-refractivity contribution in [2.75, 3.05) is 9.80 Å². The van der Waals surface area contributed by atoms with Crippen LogP contribution in [0.2, 0.25) is 0 Å². The Balaban J connectivity index is 0.00000471. The molecule has 11 rings (SSSR count). The molecule has 0 radical (unpaired) electrons. The van der Waals surface area contributed by atoms with E-state index < -0.39 is 0 Å². The van der Waals surface area contributed by atoms with Crippen molar-refractivity contribution in [1.82, 2.24) is 9.55 Å². The summed E-state index contributed by atoms with van der Waals surface area (Å²) in [6.45, 7) is 13.5. The van der Waals surface area contributed by atoms with Gasteiger partial charge in [-0.15, -0.1) is 59.4 Å². The molecule has 312 valence electrons. The van der Waals surface area contributed by atoms with E-state index in [2.05, 4.69) is 195 Å². The van der Waals surface area contributed by atoms with Crippen LogP contribution < -0.4 is 14.5 Å². The third kappa shape index (κ3) is 7.02. The monoisotopic (exact) mass is 1010 g/mol. The quantitative estimate of drug-likeness (QED) is 0.149. The van der Waals surface area contributed by atoms with Gasteiger partial charge in [0.25, 0.3) is 0 Å². The molecule has 0 bridgehead atoms. The van der Waals surface area contributed by atoms with Crippen molar-refractivity contribution >= 4 is 76.1 Å². The molecule has 1 aliphatic heterocycles. The molecule has 0 saturated heterocycles. The van der Waals surface area contributed by atoms with Crippen molar-refractivity contribution in [3.8, 4) is 17.3 Å². The van der Waals surface area contributed by atoms with Gasteiger partial charge in [0.1, 0.15) is 5.82 Å². The van der Waals surface area contributed by atoms with Gasteiger partial charge in [0.15, 0.2) is 0 Å². The Bertz CT molecular complexity index is 3340. The number of hydrogen-bond donors (Lipinski definition) is 0. The Morgan fingerprint density at radius 1 is 0.603 bits per heavy atom. The van der Waals surface area contributed by atoms with Crippen LogP contribution in [0.1, 0.15) is 48.6 Å². The SMILES string of the molecule is Cc1cc(C(C)(C)C)cc(C)c1N1[CH-]N(c2[c-]c(Oc3[c-]c4c(cc3)c3ccc5sc6ccccc6c5c3n4-c3ccccn3)ccc2)C(c2ccccc2)=C1c1ccccc1.[Pt]. The summed E-state index contributed by atoms with van der Waals surface area (Å²) in [5.74, 6) is 2.02. The van der Waals surface area contributed by atoms with Gasteiger partial charge in [-0.05, 0) is 76.7 Å². The third-order valence-corrected chi connectivity index (χ3v) is 13.0. The van der Waals surface area contributed by atoms with Crippen LogP contribution in [0.4, 0.5) is 11.4 Å². The van der Waals surface area contributed by atoms with Crippen molar-refractivity contribution in [1.29, 1.82) is 0 Å². The second kappa shape index (κ2) is 16.0. The normalized spacial score (nSPS) is 13.2. The minimum Gasteiger partial charge on any atom is -0.509 e. The molecule has 0 atom stereocenters. The van der Waals surface area contributed by atoms with Gasteiger partial charge in [0, 0.05) is 76.0 Å². The zero-order valence-electron chi connectivity index (χ0n) is 35.6. The number of nitrogens with zero attached hydrogens (tertiary/aromatic N) is 4. The Kier molecular flexibility index (Phi) is 10.3. The molecule has 0 amide bonds.